The van der Waals surface area contributed by atoms with Gasteiger partial charge in [0, 0.05) is 24.9 Å². The van der Waals surface area contributed by atoms with Crippen molar-refractivity contribution >= 4 is 21.6 Å². The van der Waals surface area contributed by atoms with Crippen molar-refractivity contribution in [3.63, 3.8) is 0 Å². The van der Waals surface area contributed by atoms with E-state index in [0.717, 1.165) is 36.1 Å². The highest BCUT2D eigenvalue weighted by atomic mass is 32.2. The minimum Gasteiger partial charge on any atom is -0.487 e. The Morgan fingerprint density at radius 2 is 1.88 bits per heavy atom. The van der Waals surface area contributed by atoms with Gasteiger partial charge in [-0.25, -0.2) is 8.42 Å². The van der Waals surface area contributed by atoms with E-state index < -0.39 is 10.0 Å². The summed E-state index contributed by atoms with van der Waals surface area (Å²) in [5.74, 6) is 0.751. The molecule has 32 heavy (non-hydrogen) atoms. The number of para-hydroxylation sites is 1. The van der Waals surface area contributed by atoms with E-state index in [2.05, 4.69) is 19.2 Å². The van der Waals surface area contributed by atoms with Crippen LogP contribution in [-0.4, -0.2) is 32.7 Å². The molecule has 0 aliphatic carbocycles. The van der Waals surface area contributed by atoms with E-state index in [-0.39, 0.29) is 30.5 Å². The van der Waals surface area contributed by atoms with Crippen molar-refractivity contribution in [3.05, 3.63) is 59.7 Å². The monoisotopic (exact) mass is 458 g/mol. The number of hydrogen-bond donors (Lipinski definition) is 1. The standard InChI is InChI=1S/C25H34N2O4S/c1-5-25(6-2)18-22(21-13-7-8-14-23(21)31-25)26-24(28)15-10-16-27(32(4,29)30)20-12-9-11-19(3)17-20/h7-9,11-14,17,22H,5-6,10,15-16,18H2,1-4H3,(H,26,28). The molecule has 2 aromatic rings. The van der Waals surface area contributed by atoms with Gasteiger partial charge in [-0.2, -0.15) is 0 Å². The number of aryl methyl sites for hydroxylation is 1. The van der Waals surface area contributed by atoms with Gasteiger partial charge in [0.15, 0.2) is 0 Å². The predicted molar refractivity (Wildman–Crippen MR) is 128 cm³/mol. The molecule has 1 unspecified atom stereocenters. The predicted octanol–water partition coefficient (Wildman–Crippen LogP) is 4.74. The summed E-state index contributed by atoms with van der Waals surface area (Å²) in [6.07, 6.45) is 4.34. The molecule has 0 radical (unpaired) electrons. The van der Waals surface area contributed by atoms with Gasteiger partial charge in [-0.1, -0.05) is 44.2 Å². The third-order valence-corrected chi connectivity index (χ3v) is 7.47. The average Bonchev–Trinajstić information content (AvgIpc) is 2.75. The van der Waals surface area contributed by atoms with Crippen LogP contribution in [0.3, 0.4) is 0 Å². The Labute approximate surface area is 192 Å². The summed E-state index contributed by atoms with van der Waals surface area (Å²) in [5.41, 5.74) is 2.32. The maximum absolute atomic E-state index is 12.8. The number of nitrogens with one attached hydrogen (secondary N) is 1. The van der Waals surface area contributed by atoms with Crippen molar-refractivity contribution < 1.29 is 17.9 Å². The summed E-state index contributed by atoms with van der Waals surface area (Å²) in [4.78, 5) is 12.8. The Bertz CT molecular complexity index is 1050. The minimum atomic E-state index is -3.44. The molecular formula is C25H34N2O4S. The number of carbonyl (C=O) groups is 1. The Morgan fingerprint density at radius 3 is 2.53 bits per heavy atom. The lowest BCUT2D eigenvalue weighted by Gasteiger charge is -2.41. The zero-order valence-electron chi connectivity index (χ0n) is 19.4. The molecule has 1 aliphatic heterocycles. The van der Waals surface area contributed by atoms with E-state index in [1.165, 1.54) is 10.6 Å². The number of ether oxygens (including phenoxy) is 1. The van der Waals surface area contributed by atoms with Crippen molar-refractivity contribution in [1.29, 1.82) is 0 Å². The van der Waals surface area contributed by atoms with Crippen LogP contribution in [-0.2, 0) is 14.8 Å². The Morgan fingerprint density at radius 1 is 1.16 bits per heavy atom. The van der Waals surface area contributed by atoms with E-state index in [4.69, 9.17) is 4.74 Å². The van der Waals surface area contributed by atoms with Crippen molar-refractivity contribution in [2.45, 2.75) is 64.5 Å². The van der Waals surface area contributed by atoms with Gasteiger partial charge in [-0.15, -0.1) is 0 Å². The first-order chi connectivity index (χ1) is 15.2. The maximum Gasteiger partial charge on any atom is 0.232 e. The molecule has 0 spiro atoms. The number of anilines is 1. The normalized spacial score (nSPS) is 17.2. The number of amides is 1. The van der Waals surface area contributed by atoms with Gasteiger partial charge in [-0.05, 0) is 49.9 Å². The van der Waals surface area contributed by atoms with Gasteiger partial charge in [0.25, 0.3) is 0 Å². The van der Waals surface area contributed by atoms with Crippen LogP contribution in [0.5, 0.6) is 5.75 Å². The minimum absolute atomic E-state index is 0.0782. The summed E-state index contributed by atoms with van der Waals surface area (Å²) in [6, 6.07) is 15.1. The van der Waals surface area contributed by atoms with Crippen LogP contribution in [0.25, 0.3) is 0 Å². The molecule has 3 rings (SSSR count). The van der Waals surface area contributed by atoms with Gasteiger partial charge >= 0.3 is 0 Å². The second-order valence-corrected chi connectivity index (χ2v) is 10.5. The summed E-state index contributed by atoms with van der Waals surface area (Å²) in [5, 5.41) is 3.17. The summed E-state index contributed by atoms with van der Waals surface area (Å²) in [6.45, 7) is 6.41. The second kappa shape index (κ2) is 9.94. The van der Waals surface area contributed by atoms with Crippen molar-refractivity contribution in [2.24, 2.45) is 0 Å². The first-order valence-corrected chi connectivity index (χ1v) is 13.1. The number of fused-ring (bicyclic) bond motifs is 1. The van der Waals surface area contributed by atoms with Crippen molar-refractivity contribution in [1.82, 2.24) is 5.32 Å². The number of nitrogens with zero attached hydrogens (tertiary/aromatic N) is 1. The molecule has 0 saturated carbocycles. The largest absolute Gasteiger partial charge is 0.487 e. The quantitative estimate of drug-likeness (QED) is 0.589. The SMILES string of the molecule is CCC1(CC)CC(NC(=O)CCCN(c2cccc(C)c2)S(C)(=O)=O)c2ccccc2O1. The zero-order chi connectivity index (χ0) is 23.4. The molecule has 1 atom stereocenters. The molecule has 0 bridgehead atoms. The number of sulfonamides is 1. The van der Waals surface area contributed by atoms with Gasteiger partial charge in [0.1, 0.15) is 11.4 Å². The molecule has 0 fully saturated rings. The fourth-order valence-corrected chi connectivity index (χ4v) is 5.31. The smallest absolute Gasteiger partial charge is 0.232 e. The maximum atomic E-state index is 12.8. The lowest BCUT2D eigenvalue weighted by Crippen LogP contribution is -2.44. The lowest BCUT2D eigenvalue weighted by molar-refractivity contribution is -0.122. The number of benzene rings is 2. The van der Waals surface area contributed by atoms with E-state index in [1.54, 1.807) is 6.07 Å². The van der Waals surface area contributed by atoms with Crippen LogP contribution in [0.15, 0.2) is 48.5 Å². The molecule has 7 heteroatoms. The number of rotatable bonds is 9. The van der Waals surface area contributed by atoms with Crippen LogP contribution in [0.1, 0.15) is 63.1 Å². The number of hydrogen-bond acceptors (Lipinski definition) is 4. The zero-order valence-corrected chi connectivity index (χ0v) is 20.2. The molecule has 6 nitrogen and oxygen atoms in total. The van der Waals surface area contributed by atoms with E-state index in [0.29, 0.717) is 12.1 Å². The first-order valence-electron chi connectivity index (χ1n) is 11.3. The van der Waals surface area contributed by atoms with Crippen LogP contribution < -0.4 is 14.4 Å². The fourth-order valence-electron chi connectivity index (χ4n) is 4.35. The third kappa shape index (κ3) is 5.63. The highest BCUT2D eigenvalue weighted by Gasteiger charge is 2.38. The highest BCUT2D eigenvalue weighted by Crippen LogP contribution is 2.42. The molecular weight excluding hydrogens is 424 g/mol. The average molecular weight is 459 g/mol. The van der Waals surface area contributed by atoms with E-state index >= 15 is 0 Å². The highest BCUT2D eigenvalue weighted by molar-refractivity contribution is 7.92. The van der Waals surface area contributed by atoms with Gasteiger partial charge in [0.2, 0.25) is 15.9 Å². The molecule has 1 aliphatic rings. The Hall–Kier alpha value is -2.54. The fraction of sp³-hybridized carbons (Fsp3) is 0.480. The van der Waals surface area contributed by atoms with Crippen LogP contribution in [0.2, 0.25) is 0 Å². The molecule has 1 heterocycles. The van der Waals surface area contributed by atoms with E-state index in [9.17, 15) is 13.2 Å². The third-order valence-electron chi connectivity index (χ3n) is 6.28. The topological polar surface area (TPSA) is 75.7 Å². The Kier molecular flexibility index (Phi) is 7.49. The summed E-state index contributed by atoms with van der Waals surface area (Å²) < 4.78 is 32.3. The molecule has 0 aromatic heterocycles. The van der Waals surface area contributed by atoms with E-state index in [1.807, 2.05) is 49.4 Å². The van der Waals surface area contributed by atoms with Gasteiger partial charge in [-0.3, -0.25) is 9.10 Å². The van der Waals surface area contributed by atoms with Crippen LogP contribution in [0.4, 0.5) is 5.69 Å². The summed E-state index contributed by atoms with van der Waals surface area (Å²) in [7, 11) is -3.44. The molecule has 1 N–H and O–H groups in total. The second-order valence-electron chi connectivity index (χ2n) is 8.63. The molecule has 174 valence electrons. The van der Waals surface area contributed by atoms with Crippen molar-refractivity contribution in [3.8, 4) is 5.75 Å². The van der Waals surface area contributed by atoms with Crippen LogP contribution in [0, 0.1) is 6.92 Å². The van der Waals surface area contributed by atoms with Crippen LogP contribution >= 0.6 is 0 Å². The van der Waals surface area contributed by atoms with Gasteiger partial charge in [0.05, 0.1) is 18.0 Å². The van der Waals surface area contributed by atoms with Crippen molar-refractivity contribution in [2.75, 3.05) is 17.1 Å². The number of carbonyl (C=O) groups excluding carboxylic acids is 1. The first kappa shape index (κ1) is 24.1. The summed E-state index contributed by atoms with van der Waals surface area (Å²) >= 11 is 0. The lowest BCUT2D eigenvalue weighted by atomic mass is 9.83. The molecule has 1 amide bonds. The molecule has 0 saturated heterocycles. The van der Waals surface area contributed by atoms with Gasteiger partial charge < -0.3 is 10.1 Å². The molecule has 2 aromatic carbocycles. The Balaban J connectivity index is 1.66.